The lowest BCUT2D eigenvalue weighted by atomic mass is 10.0. The largest absolute Gasteiger partial charge is 0.493 e. The number of amides is 1. The van der Waals surface area contributed by atoms with Crippen molar-refractivity contribution in [2.24, 2.45) is 10.9 Å². The van der Waals surface area contributed by atoms with Gasteiger partial charge in [0.1, 0.15) is 0 Å². The Hall–Kier alpha value is -3.13. The van der Waals surface area contributed by atoms with E-state index < -0.39 is 15.9 Å². The number of hydrogen-bond donors (Lipinski definition) is 0. The standard InChI is InChI=1S/C25H27N3O5S2/c1-5-12-28-20-14-21(32-3)22(33-4)15-23(20)34-25(28)26-24(29)18-8-10-19(11-9-18)35(30,31)27-13-6-7-17(2)16-27/h1,8-11,14-15,17H,6-7,12-13,16H2,2-4H3. The van der Waals surface area contributed by atoms with Gasteiger partial charge in [0.2, 0.25) is 10.0 Å². The fourth-order valence-corrected chi connectivity index (χ4v) is 6.80. The summed E-state index contributed by atoms with van der Waals surface area (Å²) in [5.74, 6) is 3.54. The van der Waals surface area contributed by atoms with E-state index in [4.69, 9.17) is 15.9 Å². The second kappa shape index (κ2) is 10.2. The first-order chi connectivity index (χ1) is 16.8. The monoisotopic (exact) mass is 513 g/mol. The van der Waals surface area contributed by atoms with Crippen LogP contribution < -0.4 is 14.3 Å². The van der Waals surface area contributed by atoms with Crippen LogP contribution in [0.3, 0.4) is 0 Å². The number of methoxy groups -OCH3 is 2. The SMILES string of the molecule is C#CCn1c(=NC(=O)c2ccc(S(=O)(=O)N3CCCC(C)C3)cc2)sc2cc(OC)c(OC)cc21. The van der Waals surface area contributed by atoms with Crippen molar-refractivity contribution in [1.29, 1.82) is 0 Å². The third-order valence-electron chi connectivity index (χ3n) is 5.99. The quantitative estimate of drug-likeness (QED) is 0.471. The predicted octanol–water partition coefficient (Wildman–Crippen LogP) is 3.51. The molecule has 35 heavy (non-hydrogen) atoms. The van der Waals surface area contributed by atoms with Gasteiger partial charge in [0, 0.05) is 30.8 Å². The van der Waals surface area contributed by atoms with E-state index in [1.165, 1.54) is 39.9 Å². The van der Waals surface area contributed by atoms with Gasteiger partial charge in [-0.1, -0.05) is 24.2 Å². The molecule has 0 spiro atoms. The zero-order valence-electron chi connectivity index (χ0n) is 19.9. The van der Waals surface area contributed by atoms with Crippen LogP contribution in [0.4, 0.5) is 0 Å². The highest BCUT2D eigenvalue weighted by Gasteiger charge is 2.28. The highest BCUT2D eigenvalue weighted by molar-refractivity contribution is 7.89. The van der Waals surface area contributed by atoms with E-state index in [2.05, 4.69) is 17.8 Å². The lowest BCUT2D eigenvalue weighted by molar-refractivity contribution is 0.0998. The van der Waals surface area contributed by atoms with Crippen molar-refractivity contribution in [3.63, 3.8) is 0 Å². The third kappa shape index (κ3) is 4.98. The number of carbonyl (C=O) groups excluding carboxylic acids is 1. The predicted molar refractivity (Wildman–Crippen MR) is 135 cm³/mol. The number of aromatic nitrogens is 1. The van der Waals surface area contributed by atoms with Crippen molar-refractivity contribution >= 4 is 37.5 Å². The number of rotatable bonds is 6. The topological polar surface area (TPSA) is 90.2 Å². The van der Waals surface area contributed by atoms with Gasteiger partial charge >= 0.3 is 0 Å². The molecule has 2 aromatic carbocycles. The molecule has 1 aliphatic heterocycles. The molecule has 1 aliphatic rings. The van der Waals surface area contributed by atoms with Gasteiger partial charge in [0.15, 0.2) is 16.3 Å². The molecule has 8 nitrogen and oxygen atoms in total. The number of sulfonamides is 1. The van der Waals surface area contributed by atoms with Gasteiger partial charge < -0.3 is 14.0 Å². The number of carbonyl (C=O) groups is 1. The van der Waals surface area contributed by atoms with Crippen LogP contribution in [0.15, 0.2) is 46.3 Å². The molecule has 10 heteroatoms. The Bertz CT molecular complexity index is 1460. The fraction of sp³-hybridized carbons (Fsp3) is 0.360. The molecule has 0 N–H and O–H groups in total. The van der Waals surface area contributed by atoms with Crippen molar-refractivity contribution in [1.82, 2.24) is 8.87 Å². The molecule has 1 fully saturated rings. The van der Waals surface area contributed by atoms with Gasteiger partial charge in [-0.2, -0.15) is 9.30 Å². The first kappa shape index (κ1) is 25.0. The Balaban J connectivity index is 1.68. The van der Waals surface area contributed by atoms with Gasteiger partial charge in [-0.05, 0) is 43.0 Å². The molecule has 3 aromatic rings. The van der Waals surface area contributed by atoms with Crippen molar-refractivity contribution in [2.75, 3.05) is 27.3 Å². The molecular formula is C25H27N3O5S2. The summed E-state index contributed by atoms with van der Waals surface area (Å²) < 4.78 is 40.9. The van der Waals surface area contributed by atoms with E-state index in [0.29, 0.717) is 35.3 Å². The zero-order valence-corrected chi connectivity index (χ0v) is 21.5. The molecule has 0 bridgehead atoms. The van der Waals surface area contributed by atoms with Crippen molar-refractivity contribution in [2.45, 2.75) is 31.2 Å². The summed E-state index contributed by atoms with van der Waals surface area (Å²) in [5, 5.41) is 0. The van der Waals surface area contributed by atoms with Crippen LogP contribution >= 0.6 is 11.3 Å². The minimum absolute atomic E-state index is 0.173. The maximum atomic E-state index is 13.0. The zero-order chi connectivity index (χ0) is 25.2. The highest BCUT2D eigenvalue weighted by atomic mass is 32.2. The molecule has 0 aliphatic carbocycles. The summed E-state index contributed by atoms with van der Waals surface area (Å²) in [6.07, 6.45) is 7.44. The molecule has 184 valence electrons. The van der Waals surface area contributed by atoms with E-state index in [1.807, 2.05) is 6.07 Å². The number of thiazole rings is 1. The number of fused-ring (bicyclic) bond motifs is 1. The molecule has 0 saturated carbocycles. The van der Waals surface area contributed by atoms with Crippen LogP contribution in [0.1, 0.15) is 30.1 Å². The molecular weight excluding hydrogens is 486 g/mol. The van der Waals surface area contributed by atoms with Crippen LogP contribution in [0.5, 0.6) is 11.5 Å². The minimum atomic E-state index is -3.60. The van der Waals surface area contributed by atoms with Gasteiger partial charge in [0.05, 0.1) is 35.9 Å². The number of piperidine rings is 1. The van der Waals surface area contributed by atoms with Gasteiger partial charge in [0.25, 0.3) is 5.91 Å². The first-order valence-electron chi connectivity index (χ1n) is 11.2. The summed E-state index contributed by atoms with van der Waals surface area (Å²) in [6.45, 7) is 3.29. The van der Waals surface area contributed by atoms with Crippen LogP contribution in [-0.4, -0.2) is 50.5 Å². The maximum absolute atomic E-state index is 13.0. The molecule has 2 heterocycles. The van der Waals surface area contributed by atoms with E-state index in [9.17, 15) is 13.2 Å². The van der Waals surface area contributed by atoms with E-state index >= 15 is 0 Å². The van der Waals surface area contributed by atoms with Crippen LogP contribution in [-0.2, 0) is 16.6 Å². The summed E-state index contributed by atoms with van der Waals surface area (Å²) in [7, 11) is -0.497. The fourth-order valence-electron chi connectivity index (χ4n) is 4.16. The minimum Gasteiger partial charge on any atom is -0.493 e. The van der Waals surface area contributed by atoms with Crippen molar-refractivity contribution in [3.05, 3.63) is 46.8 Å². The van der Waals surface area contributed by atoms with Crippen LogP contribution in [0.2, 0.25) is 0 Å². The number of terminal acetylenes is 1. The van der Waals surface area contributed by atoms with Crippen LogP contribution in [0.25, 0.3) is 10.2 Å². The summed E-state index contributed by atoms with van der Waals surface area (Å²) in [5.41, 5.74) is 1.06. The lowest BCUT2D eigenvalue weighted by Crippen LogP contribution is -2.39. The van der Waals surface area contributed by atoms with E-state index in [0.717, 1.165) is 23.1 Å². The number of benzene rings is 2. The third-order valence-corrected chi connectivity index (χ3v) is 8.91. The maximum Gasteiger partial charge on any atom is 0.279 e. The lowest BCUT2D eigenvalue weighted by Gasteiger charge is -2.30. The molecule has 1 unspecified atom stereocenters. The van der Waals surface area contributed by atoms with Crippen LogP contribution in [0, 0.1) is 18.3 Å². The Morgan fingerprint density at radius 2 is 1.89 bits per heavy atom. The molecule has 1 aromatic heterocycles. The van der Waals surface area contributed by atoms with Gasteiger partial charge in [-0.3, -0.25) is 4.79 Å². The summed E-state index contributed by atoms with van der Waals surface area (Å²) in [6, 6.07) is 9.54. The molecule has 1 saturated heterocycles. The van der Waals surface area contributed by atoms with Crippen molar-refractivity contribution in [3.8, 4) is 23.8 Å². The molecule has 4 rings (SSSR count). The smallest absolute Gasteiger partial charge is 0.279 e. The normalized spacial score (nSPS) is 17.3. The van der Waals surface area contributed by atoms with E-state index in [1.54, 1.807) is 24.9 Å². The summed E-state index contributed by atoms with van der Waals surface area (Å²) >= 11 is 1.30. The summed E-state index contributed by atoms with van der Waals surface area (Å²) in [4.78, 5) is 17.9. The second-order valence-corrected chi connectivity index (χ2v) is 11.3. The van der Waals surface area contributed by atoms with Gasteiger partial charge in [-0.15, -0.1) is 6.42 Å². The Kier molecular flexibility index (Phi) is 7.31. The Morgan fingerprint density at radius 3 is 2.51 bits per heavy atom. The Morgan fingerprint density at radius 1 is 1.20 bits per heavy atom. The second-order valence-electron chi connectivity index (χ2n) is 8.40. The molecule has 0 radical (unpaired) electrons. The van der Waals surface area contributed by atoms with Gasteiger partial charge in [-0.25, -0.2) is 8.42 Å². The highest BCUT2D eigenvalue weighted by Crippen LogP contribution is 2.33. The first-order valence-corrected chi connectivity index (χ1v) is 13.4. The van der Waals surface area contributed by atoms with Crippen molar-refractivity contribution < 1.29 is 22.7 Å². The number of hydrogen-bond acceptors (Lipinski definition) is 6. The molecule has 1 amide bonds. The average Bonchev–Trinajstić information content (AvgIpc) is 3.19. The molecule has 1 atom stereocenters. The number of ether oxygens (including phenoxy) is 2. The number of nitrogens with zero attached hydrogens (tertiary/aromatic N) is 3. The van der Waals surface area contributed by atoms with E-state index in [-0.39, 0.29) is 17.0 Å². The average molecular weight is 514 g/mol. The Labute approximate surface area is 208 Å².